The predicted molar refractivity (Wildman–Crippen MR) is 112 cm³/mol. The molecule has 0 bridgehead atoms. The lowest BCUT2D eigenvalue weighted by Crippen LogP contribution is -2.34. The number of benzene rings is 1. The van der Waals surface area contributed by atoms with Crippen LogP contribution >= 0.6 is 0 Å². The van der Waals surface area contributed by atoms with Gasteiger partial charge in [-0.1, -0.05) is 6.92 Å². The lowest BCUT2D eigenvalue weighted by Gasteiger charge is -2.25. The molecule has 2 aromatic heterocycles. The smallest absolute Gasteiger partial charge is 0.326 e. The van der Waals surface area contributed by atoms with Crippen molar-refractivity contribution in [1.29, 1.82) is 0 Å². The molecule has 3 aromatic rings. The summed E-state index contributed by atoms with van der Waals surface area (Å²) in [4.78, 5) is 21.3. The highest BCUT2D eigenvalue weighted by Crippen LogP contribution is 2.31. The number of methoxy groups -OCH3 is 1. The highest BCUT2D eigenvalue weighted by atomic mass is 19.1. The van der Waals surface area contributed by atoms with Gasteiger partial charge in [-0.3, -0.25) is 10.00 Å². The van der Waals surface area contributed by atoms with Gasteiger partial charge in [0.05, 0.1) is 25.0 Å². The number of urea groups is 1. The molecule has 1 N–H and O–H groups in total. The fourth-order valence-electron chi connectivity index (χ4n) is 3.82. The van der Waals surface area contributed by atoms with Crippen LogP contribution in [0.15, 0.2) is 42.7 Å². The van der Waals surface area contributed by atoms with Crippen molar-refractivity contribution in [3.05, 3.63) is 59.8 Å². The van der Waals surface area contributed by atoms with Crippen LogP contribution in [0.4, 0.5) is 15.0 Å². The number of aromatic nitrogens is 3. The van der Waals surface area contributed by atoms with Crippen LogP contribution in [0.25, 0.3) is 11.1 Å². The zero-order valence-corrected chi connectivity index (χ0v) is 17.2. The van der Waals surface area contributed by atoms with Crippen molar-refractivity contribution in [3.8, 4) is 16.9 Å². The van der Waals surface area contributed by atoms with E-state index < -0.39 is 0 Å². The molecule has 1 atom stereocenters. The van der Waals surface area contributed by atoms with Gasteiger partial charge in [0.2, 0.25) is 0 Å². The molecule has 1 aliphatic rings. The minimum atomic E-state index is -0.385. The SMILES string of the molecule is CCc1nc(N2CCN(C(C)c3cc(F)cc(OC)c3)C2=O)ccc1-c1cn[nH]c1. The van der Waals surface area contributed by atoms with Crippen LogP contribution in [0.3, 0.4) is 0 Å². The molecule has 0 saturated carbocycles. The number of aromatic amines is 1. The molecule has 3 heterocycles. The van der Waals surface area contributed by atoms with Crippen molar-refractivity contribution in [2.45, 2.75) is 26.3 Å². The second-order valence-corrected chi connectivity index (χ2v) is 7.23. The molecule has 0 radical (unpaired) electrons. The summed E-state index contributed by atoms with van der Waals surface area (Å²) in [7, 11) is 1.50. The van der Waals surface area contributed by atoms with Crippen molar-refractivity contribution in [1.82, 2.24) is 20.1 Å². The number of H-pyrrole nitrogens is 1. The molecule has 1 saturated heterocycles. The van der Waals surface area contributed by atoms with Crippen molar-refractivity contribution < 1.29 is 13.9 Å². The third-order valence-corrected chi connectivity index (χ3v) is 5.50. The van der Waals surface area contributed by atoms with Crippen molar-refractivity contribution in [2.24, 2.45) is 0 Å². The van der Waals surface area contributed by atoms with E-state index >= 15 is 0 Å². The minimum absolute atomic E-state index is 0.142. The van der Waals surface area contributed by atoms with E-state index in [0.717, 1.165) is 23.2 Å². The molecular formula is C22H24FN5O2. The molecule has 4 rings (SSSR count). The Morgan fingerprint density at radius 1 is 1.27 bits per heavy atom. The molecule has 1 aliphatic heterocycles. The third-order valence-electron chi connectivity index (χ3n) is 5.50. The fourth-order valence-corrected chi connectivity index (χ4v) is 3.82. The molecule has 0 aliphatic carbocycles. The molecule has 0 spiro atoms. The van der Waals surface area contributed by atoms with E-state index in [4.69, 9.17) is 9.72 Å². The number of halogens is 1. The molecule has 7 nitrogen and oxygen atoms in total. The molecule has 8 heteroatoms. The van der Waals surface area contributed by atoms with Crippen LogP contribution in [0, 0.1) is 5.82 Å². The topological polar surface area (TPSA) is 74.3 Å². The fraction of sp³-hybridized carbons (Fsp3) is 0.318. The number of nitrogens with zero attached hydrogens (tertiary/aromatic N) is 4. The highest BCUT2D eigenvalue weighted by Gasteiger charge is 2.34. The van der Waals surface area contributed by atoms with Crippen molar-refractivity contribution in [3.63, 3.8) is 0 Å². The van der Waals surface area contributed by atoms with Gasteiger partial charge in [0.15, 0.2) is 0 Å². The molecular weight excluding hydrogens is 385 g/mol. The summed E-state index contributed by atoms with van der Waals surface area (Å²) in [5, 5.41) is 6.82. The zero-order valence-electron chi connectivity index (χ0n) is 17.2. The van der Waals surface area contributed by atoms with Gasteiger partial charge in [-0.25, -0.2) is 14.2 Å². The largest absolute Gasteiger partial charge is 0.497 e. The summed E-state index contributed by atoms with van der Waals surface area (Å²) in [5.74, 6) is 0.670. The molecule has 1 unspecified atom stereocenters. The Morgan fingerprint density at radius 3 is 2.80 bits per heavy atom. The molecule has 30 heavy (non-hydrogen) atoms. The Morgan fingerprint density at radius 2 is 2.10 bits per heavy atom. The number of rotatable bonds is 6. The first kappa shape index (κ1) is 19.9. The van der Waals surface area contributed by atoms with Gasteiger partial charge in [-0.05, 0) is 43.2 Å². The first-order valence-electron chi connectivity index (χ1n) is 9.93. The van der Waals surface area contributed by atoms with Crippen LogP contribution in [0.1, 0.15) is 31.1 Å². The van der Waals surface area contributed by atoms with E-state index in [1.54, 1.807) is 22.1 Å². The summed E-state index contributed by atoms with van der Waals surface area (Å²) in [5.41, 5.74) is 3.57. The number of amides is 2. The Bertz CT molecular complexity index is 1050. The normalized spacial score (nSPS) is 15.0. The summed E-state index contributed by atoms with van der Waals surface area (Å²) in [6.45, 7) is 4.98. The predicted octanol–water partition coefficient (Wildman–Crippen LogP) is 4.19. The number of pyridine rings is 1. The number of hydrogen-bond acceptors (Lipinski definition) is 4. The van der Waals surface area contributed by atoms with E-state index in [0.29, 0.717) is 30.2 Å². The van der Waals surface area contributed by atoms with Crippen LogP contribution < -0.4 is 9.64 Å². The quantitative estimate of drug-likeness (QED) is 0.663. The standard InChI is InChI=1S/C22H24FN5O2/c1-4-20-19(16-12-24-25-13-16)5-6-21(26-20)28-8-7-27(22(28)29)14(2)15-9-17(23)11-18(10-15)30-3/h5-6,9-14H,4,7-8H2,1-3H3,(H,24,25). The number of ether oxygens (including phenoxy) is 1. The lowest BCUT2D eigenvalue weighted by atomic mass is 10.1. The lowest BCUT2D eigenvalue weighted by molar-refractivity contribution is 0.205. The second-order valence-electron chi connectivity index (χ2n) is 7.23. The molecule has 2 amide bonds. The average molecular weight is 409 g/mol. The summed E-state index contributed by atoms with van der Waals surface area (Å²) in [6.07, 6.45) is 4.32. The Balaban J connectivity index is 1.58. The maximum absolute atomic E-state index is 13.9. The minimum Gasteiger partial charge on any atom is -0.497 e. The summed E-state index contributed by atoms with van der Waals surface area (Å²) < 4.78 is 19.1. The first-order valence-corrected chi connectivity index (χ1v) is 9.93. The van der Waals surface area contributed by atoms with E-state index in [2.05, 4.69) is 10.2 Å². The van der Waals surface area contributed by atoms with Gasteiger partial charge in [-0.15, -0.1) is 0 Å². The monoisotopic (exact) mass is 409 g/mol. The third kappa shape index (κ3) is 3.60. The van der Waals surface area contributed by atoms with Crippen LogP contribution in [0.2, 0.25) is 0 Å². The molecule has 1 fully saturated rings. The van der Waals surface area contributed by atoms with Gasteiger partial charge in [0, 0.05) is 36.5 Å². The zero-order chi connectivity index (χ0) is 21.3. The molecule has 1 aromatic carbocycles. The van der Waals surface area contributed by atoms with Crippen molar-refractivity contribution in [2.75, 3.05) is 25.1 Å². The maximum atomic E-state index is 13.9. The number of anilines is 1. The highest BCUT2D eigenvalue weighted by molar-refractivity contribution is 5.93. The Labute approximate surface area is 174 Å². The molecule has 156 valence electrons. The number of aryl methyl sites for hydroxylation is 1. The van der Waals surface area contributed by atoms with Gasteiger partial charge < -0.3 is 9.64 Å². The van der Waals surface area contributed by atoms with Crippen LogP contribution in [-0.2, 0) is 6.42 Å². The van der Waals surface area contributed by atoms with Gasteiger partial charge in [-0.2, -0.15) is 5.10 Å². The average Bonchev–Trinajstić information content (AvgIpc) is 3.42. The number of hydrogen-bond donors (Lipinski definition) is 1. The van der Waals surface area contributed by atoms with Crippen LogP contribution in [-0.4, -0.2) is 46.3 Å². The van der Waals surface area contributed by atoms with Crippen molar-refractivity contribution >= 4 is 11.8 Å². The number of nitrogens with one attached hydrogen (secondary N) is 1. The van der Waals surface area contributed by atoms with Crippen LogP contribution in [0.5, 0.6) is 5.75 Å². The Hall–Kier alpha value is -3.42. The van der Waals surface area contributed by atoms with E-state index in [9.17, 15) is 9.18 Å². The number of carbonyl (C=O) groups excluding carboxylic acids is 1. The summed E-state index contributed by atoms with van der Waals surface area (Å²) in [6, 6.07) is 7.93. The second kappa shape index (κ2) is 8.14. The van der Waals surface area contributed by atoms with E-state index in [-0.39, 0.29) is 17.9 Å². The van der Waals surface area contributed by atoms with Gasteiger partial charge >= 0.3 is 6.03 Å². The first-order chi connectivity index (χ1) is 14.5. The van der Waals surface area contributed by atoms with Gasteiger partial charge in [0.25, 0.3) is 0 Å². The van der Waals surface area contributed by atoms with E-state index in [1.807, 2.05) is 32.2 Å². The van der Waals surface area contributed by atoms with Gasteiger partial charge in [0.1, 0.15) is 17.4 Å². The summed E-state index contributed by atoms with van der Waals surface area (Å²) >= 11 is 0. The Kier molecular flexibility index (Phi) is 5.39. The number of carbonyl (C=O) groups is 1. The maximum Gasteiger partial charge on any atom is 0.326 e. The van der Waals surface area contributed by atoms with E-state index in [1.165, 1.54) is 19.2 Å².